The van der Waals surface area contributed by atoms with Crippen LogP contribution in [0.3, 0.4) is 0 Å². The van der Waals surface area contributed by atoms with Crippen molar-refractivity contribution in [1.29, 1.82) is 0 Å². The van der Waals surface area contributed by atoms with Gasteiger partial charge in [-0.1, -0.05) is 6.07 Å². The van der Waals surface area contributed by atoms with Crippen LogP contribution in [0.4, 0.5) is 25.4 Å². The van der Waals surface area contributed by atoms with Crippen molar-refractivity contribution in [2.45, 2.75) is 6.54 Å². The average molecular weight is 374 g/mol. The first kappa shape index (κ1) is 18.5. The van der Waals surface area contributed by atoms with E-state index >= 15 is 0 Å². The van der Waals surface area contributed by atoms with E-state index in [0.29, 0.717) is 38.4 Å². The second-order valence-electron chi connectivity index (χ2n) is 6.07. The van der Waals surface area contributed by atoms with Gasteiger partial charge in [0.05, 0.1) is 23.8 Å². The monoisotopic (exact) mass is 374 g/mol. The fraction of sp³-hybridized carbons (Fsp3) is 0.294. The zero-order valence-electron chi connectivity index (χ0n) is 14.4. The molecule has 0 spiro atoms. The smallest absolute Gasteiger partial charge is 0.407 e. The number of hydrogen-bond acceptors (Lipinski definition) is 5. The van der Waals surface area contributed by atoms with Crippen LogP contribution in [-0.4, -0.2) is 63.4 Å². The van der Waals surface area contributed by atoms with Gasteiger partial charge in [-0.25, -0.2) is 14.0 Å². The second kappa shape index (κ2) is 8.41. The highest BCUT2D eigenvalue weighted by molar-refractivity contribution is 5.99. The Balaban J connectivity index is 1.59. The van der Waals surface area contributed by atoms with Gasteiger partial charge in [0.1, 0.15) is 5.82 Å². The summed E-state index contributed by atoms with van der Waals surface area (Å²) in [4.78, 5) is 26.4. The molecule has 10 heteroatoms. The molecule has 0 radical (unpaired) electrons. The topological polar surface area (TPSA) is 111 Å². The Morgan fingerprint density at radius 1 is 1.11 bits per heavy atom. The number of aromatic nitrogens is 2. The van der Waals surface area contributed by atoms with Crippen LogP contribution in [0.25, 0.3) is 0 Å². The predicted molar refractivity (Wildman–Crippen MR) is 95.9 cm³/mol. The molecule has 1 fully saturated rings. The Morgan fingerprint density at radius 2 is 1.89 bits per heavy atom. The number of piperazine rings is 1. The summed E-state index contributed by atoms with van der Waals surface area (Å²) in [6.07, 6.45) is 1.89. The summed E-state index contributed by atoms with van der Waals surface area (Å²) in [6.45, 7) is 2.61. The quantitative estimate of drug-likeness (QED) is 0.755. The van der Waals surface area contributed by atoms with Crippen molar-refractivity contribution in [1.82, 2.24) is 20.0 Å². The van der Waals surface area contributed by atoms with Crippen LogP contribution in [0.1, 0.15) is 5.56 Å². The Bertz CT molecular complexity index is 812. The molecule has 1 aliphatic heterocycles. The van der Waals surface area contributed by atoms with E-state index in [1.807, 2.05) is 0 Å². The normalized spacial score (nSPS) is 14.6. The molecule has 1 saturated heterocycles. The maximum atomic E-state index is 14.0. The number of amides is 3. The molecule has 27 heavy (non-hydrogen) atoms. The molecular weight excluding hydrogens is 355 g/mol. The number of halogens is 1. The summed E-state index contributed by atoms with van der Waals surface area (Å²) in [5.41, 5.74) is 1.33. The Kier molecular flexibility index (Phi) is 5.77. The maximum Gasteiger partial charge on any atom is 0.407 e. The molecule has 2 heterocycles. The molecule has 0 saturated carbocycles. The summed E-state index contributed by atoms with van der Waals surface area (Å²) in [7, 11) is 0. The highest BCUT2D eigenvalue weighted by atomic mass is 19.1. The van der Waals surface area contributed by atoms with Gasteiger partial charge in [-0.3, -0.25) is 4.90 Å². The SMILES string of the molecule is O=C(Nc1ccnnc1)Nc1cc(CN2CCN(C(=O)O)CC2)ccc1F. The lowest BCUT2D eigenvalue weighted by Gasteiger charge is -2.33. The van der Waals surface area contributed by atoms with Crippen molar-refractivity contribution in [3.63, 3.8) is 0 Å². The van der Waals surface area contributed by atoms with E-state index in [0.717, 1.165) is 5.56 Å². The van der Waals surface area contributed by atoms with Crippen molar-refractivity contribution in [2.75, 3.05) is 36.8 Å². The number of nitrogens with one attached hydrogen (secondary N) is 2. The fourth-order valence-electron chi connectivity index (χ4n) is 2.77. The van der Waals surface area contributed by atoms with Crippen LogP contribution in [-0.2, 0) is 6.54 Å². The zero-order chi connectivity index (χ0) is 19.2. The number of benzene rings is 1. The van der Waals surface area contributed by atoms with E-state index < -0.39 is 17.9 Å². The van der Waals surface area contributed by atoms with Gasteiger partial charge >= 0.3 is 12.1 Å². The highest BCUT2D eigenvalue weighted by Crippen LogP contribution is 2.18. The highest BCUT2D eigenvalue weighted by Gasteiger charge is 2.20. The number of hydrogen-bond donors (Lipinski definition) is 3. The zero-order valence-corrected chi connectivity index (χ0v) is 14.4. The Labute approximate surface area is 154 Å². The van der Waals surface area contributed by atoms with Crippen LogP contribution in [0.2, 0.25) is 0 Å². The van der Waals surface area contributed by atoms with Crippen LogP contribution in [0.15, 0.2) is 36.7 Å². The summed E-state index contributed by atoms with van der Waals surface area (Å²) < 4.78 is 14.0. The van der Waals surface area contributed by atoms with Crippen molar-refractivity contribution in [2.24, 2.45) is 0 Å². The molecule has 2 aromatic rings. The number of carbonyl (C=O) groups excluding carboxylic acids is 1. The predicted octanol–water partition coefficient (Wildman–Crippen LogP) is 2.06. The van der Waals surface area contributed by atoms with Gasteiger partial charge in [-0.15, -0.1) is 0 Å². The first-order valence-corrected chi connectivity index (χ1v) is 8.34. The number of urea groups is 1. The summed E-state index contributed by atoms with van der Waals surface area (Å²) in [5, 5.41) is 21.3. The average Bonchev–Trinajstić information content (AvgIpc) is 2.65. The Hall–Kier alpha value is -3.27. The molecule has 0 unspecified atom stereocenters. The number of rotatable bonds is 4. The van der Waals surface area contributed by atoms with Gasteiger partial charge in [0, 0.05) is 32.7 Å². The van der Waals surface area contributed by atoms with Crippen molar-refractivity contribution in [3.8, 4) is 0 Å². The van der Waals surface area contributed by atoms with Crippen molar-refractivity contribution >= 4 is 23.5 Å². The second-order valence-corrected chi connectivity index (χ2v) is 6.07. The summed E-state index contributed by atoms with van der Waals surface area (Å²) >= 11 is 0. The van der Waals surface area contributed by atoms with E-state index in [9.17, 15) is 14.0 Å². The van der Waals surface area contributed by atoms with Crippen molar-refractivity contribution in [3.05, 3.63) is 48.0 Å². The minimum Gasteiger partial charge on any atom is -0.465 e. The molecule has 9 nitrogen and oxygen atoms in total. The van der Waals surface area contributed by atoms with Crippen LogP contribution < -0.4 is 10.6 Å². The maximum absolute atomic E-state index is 14.0. The third kappa shape index (κ3) is 5.11. The molecule has 3 rings (SSSR count). The van der Waals surface area contributed by atoms with Crippen molar-refractivity contribution < 1.29 is 19.1 Å². The van der Waals surface area contributed by atoms with Crippen LogP contribution in [0.5, 0.6) is 0 Å². The summed E-state index contributed by atoms with van der Waals surface area (Å²) in [5.74, 6) is -0.544. The van der Waals surface area contributed by atoms with Gasteiger partial charge in [0.15, 0.2) is 0 Å². The molecule has 3 amide bonds. The van der Waals surface area contributed by atoms with E-state index in [1.165, 1.54) is 23.4 Å². The molecule has 0 aliphatic carbocycles. The number of anilines is 2. The molecule has 1 aromatic carbocycles. The van der Waals surface area contributed by atoms with E-state index in [2.05, 4.69) is 25.7 Å². The number of carboxylic acid groups (broad SMARTS) is 1. The first-order valence-electron chi connectivity index (χ1n) is 8.34. The minimum absolute atomic E-state index is 0.0659. The van der Waals surface area contributed by atoms with E-state index in [4.69, 9.17) is 5.11 Å². The number of carbonyl (C=O) groups is 2. The molecule has 1 aromatic heterocycles. The van der Waals surface area contributed by atoms with Gasteiger partial charge in [-0.05, 0) is 23.8 Å². The molecule has 0 atom stereocenters. The Morgan fingerprint density at radius 3 is 2.56 bits per heavy atom. The van der Waals surface area contributed by atoms with Gasteiger partial charge in [0.25, 0.3) is 0 Å². The third-order valence-corrected chi connectivity index (χ3v) is 4.17. The minimum atomic E-state index is -0.918. The lowest BCUT2D eigenvalue weighted by molar-refractivity contribution is 0.103. The van der Waals surface area contributed by atoms with Gasteiger partial charge < -0.3 is 20.6 Å². The molecule has 3 N–H and O–H groups in total. The lowest BCUT2D eigenvalue weighted by atomic mass is 10.1. The molecule has 0 bridgehead atoms. The van der Waals surface area contributed by atoms with Gasteiger partial charge in [-0.2, -0.15) is 10.2 Å². The number of nitrogens with zero attached hydrogens (tertiary/aromatic N) is 4. The van der Waals surface area contributed by atoms with E-state index in [1.54, 1.807) is 18.2 Å². The third-order valence-electron chi connectivity index (χ3n) is 4.17. The lowest BCUT2D eigenvalue weighted by Crippen LogP contribution is -2.47. The largest absolute Gasteiger partial charge is 0.465 e. The molecule has 1 aliphatic rings. The molecular formula is C17H19FN6O3. The fourth-order valence-corrected chi connectivity index (χ4v) is 2.77. The van der Waals surface area contributed by atoms with E-state index in [-0.39, 0.29) is 5.69 Å². The first-order chi connectivity index (χ1) is 13.0. The van der Waals surface area contributed by atoms with Crippen LogP contribution >= 0.6 is 0 Å². The van der Waals surface area contributed by atoms with Gasteiger partial charge in [0.2, 0.25) is 0 Å². The molecule has 142 valence electrons. The van der Waals surface area contributed by atoms with Crippen LogP contribution in [0, 0.1) is 5.82 Å². The standard InChI is InChI=1S/C17H19FN6O3/c18-14-2-1-12(11-23-5-7-24(8-6-23)17(26)27)9-15(14)22-16(25)21-13-3-4-19-20-10-13/h1-4,9-10H,5-8,11H2,(H,26,27)(H2,19,21,22,25). The summed E-state index contributed by atoms with van der Waals surface area (Å²) in [6, 6.07) is 5.50.